The maximum atomic E-state index is 3.65. The molecule has 0 heterocycles. The molecule has 0 radical (unpaired) electrons. The van der Waals surface area contributed by atoms with Crippen LogP contribution in [0.1, 0.15) is 0 Å². The second kappa shape index (κ2) is 7.00. The van der Waals surface area contributed by atoms with Crippen molar-refractivity contribution in [1.82, 2.24) is 0 Å². The molecule has 0 fully saturated rings. The smallest absolute Gasteiger partial charge is 0.348 e. The number of para-hydroxylation sites is 2. The number of anilines is 2. The summed E-state index contributed by atoms with van der Waals surface area (Å²) in [6.45, 7) is 0. The number of nitrogens with one attached hydrogen (secondary N) is 1. The molecule has 0 aliphatic heterocycles. The second-order valence-electron chi connectivity index (χ2n) is 4.54. The van der Waals surface area contributed by atoms with Gasteiger partial charge < -0.3 is 5.32 Å². The summed E-state index contributed by atoms with van der Waals surface area (Å²) in [5, 5.41) is 3.54. The monoisotopic (exact) mass is 405 g/mol. The van der Waals surface area contributed by atoms with E-state index in [4.69, 9.17) is 0 Å². The Balaban J connectivity index is 1.88. The van der Waals surface area contributed by atoms with Gasteiger partial charge in [-0.1, -0.05) is 42.5 Å². The van der Waals surface area contributed by atoms with Crippen molar-refractivity contribution in [1.29, 1.82) is 0 Å². The summed E-state index contributed by atoms with van der Waals surface area (Å²) in [5.41, 5.74) is 2.29. The van der Waals surface area contributed by atoms with E-state index in [-0.39, 0.29) is 21.2 Å². The molecule has 3 aromatic rings. The highest BCUT2D eigenvalue weighted by Gasteiger charge is 2.19. The molecule has 104 valence electrons. The molecule has 0 amide bonds. The third-order valence-electron chi connectivity index (χ3n) is 3.01. The first kappa shape index (κ1) is 14.5. The van der Waals surface area contributed by atoms with Crippen LogP contribution in [-0.4, -0.2) is 0 Å². The van der Waals surface area contributed by atoms with E-state index in [0.717, 1.165) is 10.6 Å². The fourth-order valence-electron chi connectivity index (χ4n) is 1.98. The lowest BCUT2D eigenvalue weighted by Crippen LogP contribution is -3.61. The van der Waals surface area contributed by atoms with Crippen molar-refractivity contribution in [2.45, 2.75) is 4.90 Å². The van der Waals surface area contributed by atoms with Crippen LogP contribution in [0.3, 0.4) is 0 Å². The minimum atomic E-state index is -0.180. The van der Waals surface area contributed by atoms with Crippen LogP contribution in [0.25, 0.3) is 0 Å². The molecule has 0 unspecified atom stereocenters. The topological polar surface area (TPSA) is 12.0 Å². The Kier molecular flexibility index (Phi) is 4.83. The predicted octanol–water partition coefficient (Wildman–Crippen LogP) is 0.929. The first-order chi connectivity index (χ1) is 10.3. The molecule has 0 saturated heterocycles. The molecule has 1 N–H and O–H groups in total. The highest BCUT2D eigenvalue weighted by Crippen LogP contribution is 2.19. The number of rotatable bonds is 4. The zero-order chi connectivity index (χ0) is 14.5. The summed E-state index contributed by atoms with van der Waals surface area (Å²) in [6, 6.07) is 27.5. The zero-order valence-corrected chi connectivity index (χ0v) is 14.5. The largest absolute Gasteiger partial charge is 0.360 e. The first-order valence-electron chi connectivity index (χ1n) is 6.69. The van der Waals surface area contributed by atoms with Crippen LogP contribution in [0.2, 0.25) is 0 Å². The number of benzene rings is 3. The van der Waals surface area contributed by atoms with Crippen molar-refractivity contribution in [3.8, 4) is 0 Å². The van der Waals surface area contributed by atoms with Crippen molar-refractivity contribution in [3.05, 3.63) is 86.0 Å². The normalized spacial score (nSPS) is 10.3. The van der Waals surface area contributed by atoms with Crippen molar-refractivity contribution < 1.29 is 21.2 Å². The van der Waals surface area contributed by atoms with Gasteiger partial charge in [0.2, 0.25) is 3.57 Å². The van der Waals surface area contributed by atoms with Gasteiger partial charge in [0.25, 0.3) is 0 Å². The highest BCUT2D eigenvalue weighted by atomic mass is 127. The van der Waals surface area contributed by atoms with Gasteiger partial charge in [-0.05, 0) is 49.0 Å². The summed E-state index contributed by atoms with van der Waals surface area (Å²) >= 11 is 3.47. The Morgan fingerprint density at radius 1 is 0.667 bits per heavy atom. The van der Waals surface area contributed by atoms with Crippen LogP contribution in [-0.2, 0) is 12.6 Å². The van der Waals surface area contributed by atoms with E-state index in [1.165, 1.54) is 12.8 Å². The van der Waals surface area contributed by atoms with Crippen LogP contribution in [0.15, 0.2) is 83.8 Å². The van der Waals surface area contributed by atoms with E-state index in [1.807, 2.05) is 18.2 Å². The van der Waals surface area contributed by atoms with Gasteiger partial charge in [-0.3, -0.25) is 0 Å². The summed E-state index contributed by atoms with van der Waals surface area (Å²) in [6.07, 6.45) is 0. The van der Waals surface area contributed by atoms with Crippen LogP contribution < -0.4 is 26.5 Å². The minimum Gasteiger partial charge on any atom is -0.348 e. The van der Waals surface area contributed by atoms with E-state index in [2.05, 4.69) is 78.6 Å². The van der Waals surface area contributed by atoms with E-state index in [9.17, 15) is 0 Å². The molecule has 0 saturated carbocycles. The van der Waals surface area contributed by atoms with Crippen LogP contribution in [0.4, 0.5) is 11.4 Å². The number of hydrogen-bond donors (Lipinski definition) is 1. The summed E-state index contributed by atoms with van der Waals surface area (Å²) < 4.78 is 2.83. The first-order valence-corrected chi connectivity index (χ1v) is 9.35. The van der Waals surface area contributed by atoms with Crippen molar-refractivity contribution >= 4 is 24.0 Å². The molecule has 21 heavy (non-hydrogen) atoms. The summed E-state index contributed by atoms with van der Waals surface area (Å²) in [5.74, 6) is 0. The lowest BCUT2D eigenvalue weighted by atomic mass is 10.3. The number of halogens is 1. The molecule has 0 aromatic heterocycles. The van der Waals surface area contributed by atoms with Crippen molar-refractivity contribution in [3.63, 3.8) is 0 Å². The van der Waals surface area contributed by atoms with E-state index < -0.39 is 0 Å². The molecule has 0 spiro atoms. The third kappa shape index (κ3) is 3.80. The van der Waals surface area contributed by atoms with Gasteiger partial charge in [0.1, 0.15) is 0 Å². The average Bonchev–Trinajstić information content (AvgIpc) is 2.52. The van der Waals surface area contributed by atoms with Crippen LogP contribution in [0, 0.1) is 7.14 Å². The fraction of sp³-hybridized carbons (Fsp3) is 0. The van der Waals surface area contributed by atoms with E-state index in [1.54, 1.807) is 0 Å². The molecule has 3 aromatic carbocycles. The molecular formula is C18H16INS+2. The molecular weight excluding hydrogens is 389 g/mol. The molecule has 0 aliphatic carbocycles. The maximum Gasteiger partial charge on any atom is 0.360 e. The van der Waals surface area contributed by atoms with Gasteiger partial charge in [-0.2, -0.15) is 0 Å². The minimum absolute atomic E-state index is 0.180. The van der Waals surface area contributed by atoms with E-state index in [0.29, 0.717) is 0 Å². The second-order valence-corrected chi connectivity index (χ2v) is 8.03. The van der Waals surface area contributed by atoms with Gasteiger partial charge in [-0.15, -0.1) is 0 Å². The molecule has 0 aliphatic rings. The van der Waals surface area contributed by atoms with Gasteiger partial charge in [0.05, 0.1) is 11.4 Å². The third-order valence-corrected chi connectivity index (χ3v) is 6.31. The van der Waals surface area contributed by atoms with Crippen LogP contribution in [0.5, 0.6) is 0 Å². The van der Waals surface area contributed by atoms with Gasteiger partial charge in [0.15, 0.2) is 8.47 Å². The van der Waals surface area contributed by atoms with Gasteiger partial charge >= 0.3 is 21.2 Å². The van der Waals surface area contributed by atoms with E-state index >= 15 is 0 Å². The molecule has 1 nitrogen and oxygen atoms in total. The lowest BCUT2D eigenvalue weighted by molar-refractivity contribution is -0.596. The number of hydrogen-bond acceptors (Lipinski definition) is 1. The summed E-state index contributed by atoms with van der Waals surface area (Å²) in [4.78, 5) is 1.07. The predicted molar refractivity (Wildman–Crippen MR) is 88.4 cm³/mol. The fourth-order valence-corrected chi connectivity index (χ4v) is 4.66. The Hall–Kier alpha value is -1.46. The lowest BCUT2D eigenvalue weighted by Gasteiger charge is -2.05. The SMILES string of the molecule is [SH2+]c1ccccc1Nc1ccccc1[I+]c1ccccc1. The van der Waals surface area contributed by atoms with Gasteiger partial charge in [0, 0.05) is 0 Å². The standard InChI is InChI=1S/C18H14INS/c21-18-13-7-6-12-17(18)20-16-11-5-4-10-15(16)19-14-8-2-1-3-9-14/h1-13,20H/p+2. The molecule has 0 atom stereocenters. The molecule has 3 rings (SSSR count). The molecule has 3 heteroatoms. The maximum absolute atomic E-state index is 3.65. The van der Waals surface area contributed by atoms with Crippen molar-refractivity contribution in [2.75, 3.05) is 5.32 Å². The van der Waals surface area contributed by atoms with Crippen molar-refractivity contribution in [2.24, 2.45) is 0 Å². The zero-order valence-electron chi connectivity index (χ0n) is 11.4. The molecule has 0 bridgehead atoms. The van der Waals surface area contributed by atoms with Crippen LogP contribution >= 0.6 is 0 Å². The Bertz CT molecular complexity index is 728. The Morgan fingerprint density at radius 3 is 2.05 bits per heavy atom. The highest BCUT2D eigenvalue weighted by molar-refractivity contribution is 7.59. The Morgan fingerprint density at radius 2 is 1.29 bits per heavy atom. The average molecular weight is 405 g/mol. The Labute approximate surface area is 141 Å². The summed E-state index contributed by atoms with van der Waals surface area (Å²) in [7, 11) is 0. The van der Waals surface area contributed by atoms with Gasteiger partial charge in [-0.25, -0.2) is 0 Å². The quantitative estimate of drug-likeness (QED) is 0.503.